The summed E-state index contributed by atoms with van der Waals surface area (Å²) in [7, 11) is 0. The molecule has 1 aliphatic carbocycles. The van der Waals surface area contributed by atoms with Crippen LogP contribution >= 0.6 is 23.1 Å². The van der Waals surface area contributed by atoms with Crippen LogP contribution in [0.4, 0.5) is 0 Å². The van der Waals surface area contributed by atoms with E-state index in [2.05, 4.69) is 23.8 Å². The van der Waals surface area contributed by atoms with Gasteiger partial charge in [0.2, 0.25) is 0 Å². The normalized spacial score (nSPS) is 16.8. The van der Waals surface area contributed by atoms with Gasteiger partial charge in [-0.05, 0) is 37.2 Å². The molecule has 5 nitrogen and oxygen atoms in total. The predicted molar refractivity (Wildman–Crippen MR) is 103 cm³/mol. The van der Waals surface area contributed by atoms with Crippen molar-refractivity contribution in [2.45, 2.75) is 57.5 Å². The fraction of sp³-hybridized carbons (Fsp3) is 0.611. The molecule has 1 atom stereocenters. The third-order valence-electron chi connectivity index (χ3n) is 4.48. The van der Waals surface area contributed by atoms with Gasteiger partial charge in [-0.3, -0.25) is 9.59 Å². The average molecular weight is 381 g/mol. The van der Waals surface area contributed by atoms with Crippen molar-refractivity contribution in [2.24, 2.45) is 5.92 Å². The first-order valence-corrected chi connectivity index (χ1v) is 10.7. The molecule has 0 amide bonds. The van der Waals surface area contributed by atoms with Crippen molar-refractivity contribution in [1.29, 1.82) is 0 Å². The van der Waals surface area contributed by atoms with Crippen LogP contribution in [0.2, 0.25) is 0 Å². The lowest BCUT2D eigenvalue weighted by molar-refractivity contribution is -0.140. The SMILES string of the molecule is CCCCCOC(=O)CSc1nc2sc3c(c2c(=O)[nH]1)CC[C@H](C)C3. The number of thiophene rings is 1. The van der Waals surface area contributed by atoms with Crippen LogP contribution in [0.3, 0.4) is 0 Å². The molecule has 0 saturated heterocycles. The third-order valence-corrected chi connectivity index (χ3v) is 6.48. The van der Waals surface area contributed by atoms with Gasteiger partial charge in [-0.25, -0.2) is 4.98 Å². The molecule has 1 aliphatic rings. The lowest BCUT2D eigenvalue weighted by Crippen LogP contribution is -2.14. The summed E-state index contributed by atoms with van der Waals surface area (Å²) in [6, 6.07) is 0. The van der Waals surface area contributed by atoms with Crippen molar-refractivity contribution in [3.8, 4) is 0 Å². The molecule has 136 valence electrons. The highest BCUT2D eigenvalue weighted by atomic mass is 32.2. The van der Waals surface area contributed by atoms with Crippen LogP contribution in [0.5, 0.6) is 0 Å². The Labute approximate surface area is 155 Å². The zero-order valence-electron chi connectivity index (χ0n) is 14.7. The lowest BCUT2D eigenvalue weighted by Gasteiger charge is -2.17. The van der Waals surface area contributed by atoms with Crippen molar-refractivity contribution in [1.82, 2.24) is 9.97 Å². The summed E-state index contributed by atoms with van der Waals surface area (Å²) in [6.45, 7) is 4.82. The van der Waals surface area contributed by atoms with Crippen LogP contribution < -0.4 is 5.56 Å². The van der Waals surface area contributed by atoms with E-state index in [0.717, 1.165) is 48.7 Å². The molecule has 2 aromatic heterocycles. The fourth-order valence-electron chi connectivity index (χ4n) is 3.10. The Morgan fingerprint density at radius 1 is 1.44 bits per heavy atom. The minimum Gasteiger partial charge on any atom is -0.465 e. The number of esters is 1. The Balaban J connectivity index is 1.67. The molecule has 0 bridgehead atoms. The number of unbranched alkanes of at least 4 members (excludes halogenated alkanes) is 2. The molecule has 0 saturated carbocycles. The number of rotatable bonds is 7. The zero-order chi connectivity index (χ0) is 17.8. The molecule has 0 unspecified atom stereocenters. The van der Waals surface area contributed by atoms with Gasteiger partial charge < -0.3 is 9.72 Å². The van der Waals surface area contributed by atoms with E-state index in [4.69, 9.17) is 4.74 Å². The van der Waals surface area contributed by atoms with Gasteiger partial charge in [0.1, 0.15) is 4.83 Å². The number of H-pyrrole nitrogens is 1. The van der Waals surface area contributed by atoms with E-state index in [9.17, 15) is 9.59 Å². The first kappa shape index (κ1) is 18.5. The van der Waals surface area contributed by atoms with Crippen molar-refractivity contribution < 1.29 is 9.53 Å². The number of hydrogen-bond donors (Lipinski definition) is 1. The van der Waals surface area contributed by atoms with Crippen LogP contribution in [-0.4, -0.2) is 28.3 Å². The number of fused-ring (bicyclic) bond motifs is 3. The number of aryl methyl sites for hydroxylation is 1. The summed E-state index contributed by atoms with van der Waals surface area (Å²) >= 11 is 2.86. The van der Waals surface area contributed by atoms with Gasteiger partial charge in [-0.15, -0.1) is 11.3 Å². The monoisotopic (exact) mass is 380 g/mol. The van der Waals surface area contributed by atoms with Gasteiger partial charge >= 0.3 is 5.97 Å². The molecule has 2 aromatic rings. The highest BCUT2D eigenvalue weighted by Gasteiger charge is 2.23. The van der Waals surface area contributed by atoms with Crippen molar-refractivity contribution in [3.63, 3.8) is 0 Å². The van der Waals surface area contributed by atoms with E-state index in [1.807, 2.05) is 0 Å². The summed E-state index contributed by atoms with van der Waals surface area (Å²) in [6.07, 6.45) is 6.17. The van der Waals surface area contributed by atoms with Crippen LogP contribution in [0.15, 0.2) is 9.95 Å². The molecule has 7 heteroatoms. The fourth-order valence-corrected chi connectivity index (χ4v) is 5.20. The number of carbonyl (C=O) groups is 1. The topological polar surface area (TPSA) is 72.0 Å². The van der Waals surface area contributed by atoms with E-state index in [-0.39, 0.29) is 17.3 Å². The van der Waals surface area contributed by atoms with Crippen LogP contribution in [0.25, 0.3) is 10.2 Å². The smallest absolute Gasteiger partial charge is 0.316 e. The highest BCUT2D eigenvalue weighted by Crippen LogP contribution is 2.36. The van der Waals surface area contributed by atoms with E-state index in [0.29, 0.717) is 17.7 Å². The number of carbonyl (C=O) groups excluding carboxylic acids is 1. The second-order valence-electron chi connectivity index (χ2n) is 6.62. The molecular formula is C18H24N2O3S2. The van der Waals surface area contributed by atoms with Crippen molar-refractivity contribution in [2.75, 3.05) is 12.4 Å². The molecule has 0 fully saturated rings. The second-order valence-corrected chi connectivity index (χ2v) is 8.67. The van der Waals surface area contributed by atoms with Gasteiger partial charge in [0.25, 0.3) is 5.56 Å². The average Bonchev–Trinajstić information content (AvgIpc) is 2.94. The lowest BCUT2D eigenvalue weighted by atomic mass is 9.89. The molecule has 25 heavy (non-hydrogen) atoms. The Morgan fingerprint density at radius 3 is 3.08 bits per heavy atom. The van der Waals surface area contributed by atoms with E-state index in [1.54, 1.807) is 11.3 Å². The van der Waals surface area contributed by atoms with Crippen LogP contribution in [-0.2, 0) is 22.4 Å². The standard InChI is InChI=1S/C18H24N2O3S2/c1-3-4-5-8-23-14(21)10-24-18-19-16(22)15-12-7-6-11(2)9-13(12)25-17(15)20-18/h11H,3-10H2,1-2H3,(H,19,20,22)/t11-/m0/s1. The summed E-state index contributed by atoms with van der Waals surface area (Å²) < 4.78 is 5.18. The number of thioether (sulfide) groups is 1. The second kappa shape index (κ2) is 8.36. The first-order chi connectivity index (χ1) is 12.1. The van der Waals surface area contributed by atoms with Gasteiger partial charge in [-0.2, -0.15) is 0 Å². The Hall–Kier alpha value is -1.34. The van der Waals surface area contributed by atoms with E-state index in [1.165, 1.54) is 22.2 Å². The number of ether oxygens (including phenoxy) is 1. The minimum atomic E-state index is -0.261. The predicted octanol–water partition coefficient (Wildman–Crippen LogP) is 3.93. The third kappa shape index (κ3) is 4.44. The Bertz CT molecular complexity index is 812. The number of nitrogens with zero attached hydrogens (tertiary/aromatic N) is 1. The summed E-state index contributed by atoms with van der Waals surface area (Å²) in [5.41, 5.74) is 1.09. The van der Waals surface area contributed by atoms with E-state index < -0.39 is 0 Å². The molecule has 1 N–H and O–H groups in total. The van der Waals surface area contributed by atoms with Gasteiger partial charge in [0.05, 0.1) is 17.7 Å². The maximum Gasteiger partial charge on any atom is 0.316 e. The van der Waals surface area contributed by atoms with Crippen molar-refractivity contribution in [3.05, 3.63) is 20.8 Å². The zero-order valence-corrected chi connectivity index (χ0v) is 16.4. The largest absolute Gasteiger partial charge is 0.465 e. The van der Waals surface area contributed by atoms with Gasteiger partial charge in [0.15, 0.2) is 5.16 Å². The number of hydrogen-bond acceptors (Lipinski definition) is 6. The minimum absolute atomic E-state index is 0.0872. The van der Waals surface area contributed by atoms with Gasteiger partial charge in [-0.1, -0.05) is 38.5 Å². The molecule has 0 aromatic carbocycles. The molecular weight excluding hydrogens is 356 g/mol. The molecule has 0 aliphatic heterocycles. The summed E-state index contributed by atoms with van der Waals surface area (Å²) in [5, 5.41) is 1.24. The Morgan fingerprint density at radius 2 is 2.28 bits per heavy atom. The summed E-state index contributed by atoms with van der Waals surface area (Å²) in [5.74, 6) is 0.571. The quantitative estimate of drug-likeness (QED) is 0.341. The maximum absolute atomic E-state index is 12.5. The van der Waals surface area contributed by atoms with Crippen molar-refractivity contribution >= 4 is 39.3 Å². The van der Waals surface area contributed by atoms with Crippen LogP contribution in [0, 0.1) is 5.92 Å². The number of nitrogens with one attached hydrogen (secondary N) is 1. The molecule has 3 rings (SSSR count). The highest BCUT2D eigenvalue weighted by molar-refractivity contribution is 7.99. The first-order valence-electron chi connectivity index (χ1n) is 8.91. The Kier molecular flexibility index (Phi) is 6.17. The molecule has 0 radical (unpaired) electrons. The van der Waals surface area contributed by atoms with Gasteiger partial charge in [0, 0.05) is 4.88 Å². The molecule has 0 spiro atoms. The van der Waals surface area contributed by atoms with E-state index >= 15 is 0 Å². The summed E-state index contributed by atoms with van der Waals surface area (Å²) in [4.78, 5) is 33.7. The van der Waals surface area contributed by atoms with Crippen LogP contribution in [0.1, 0.15) is 50.0 Å². The maximum atomic E-state index is 12.5. The molecule has 2 heterocycles. The number of aromatic nitrogens is 2. The number of aromatic amines is 1.